The Morgan fingerprint density at radius 1 is 1.04 bits per heavy atom. The van der Waals surface area contributed by atoms with E-state index in [1.165, 1.54) is 0 Å². The Hall–Kier alpha value is -3.05. The van der Waals surface area contributed by atoms with Crippen molar-refractivity contribution >= 4 is 17.1 Å². The summed E-state index contributed by atoms with van der Waals surface area (Å²) in [4.78, 5) is 15.3. The number of halogens is 1. The van der Waals surface area contributed by atoms with Crippen molar-refractivity contribution in [2.75, 3.05) is 7.11 Å². The van der Waals surface area contributed by atoms with E-state index in [9.17, 15) is 4.79 Å². The van der Waals surface area contributed by atoms with Crippen LogP contribution in [0.2, 0.25) is 5.02 Å². The summed E-state index contributed by atoms with van der Waals surface area (Å²) >= 11 is 5.92. The Morgan fingerprint density at radius 3 is 2.40 bits per heavy atom. The van der Waals surface area contributed by atoms with Gasteiger partial charge in [-0.05, 0) is 48.0 Å². The highest BCUT2D eigenvalue weighted by molar-refractivity contribution is 6.30. The van der Waals surface area contributed by atoms with Crippen molar-refractivity contribution in [3.8, 4) is 28.3 Å². The van der Waals surface area contributed by atoms with Gasteiger partial charge in [0.15, 0.2) is 0 Å². The largest absolute Gasteiger partial charge is 0.497 e. The van der Waals surface area contributed by atoms with Crippen LogP contribution in [0.1, 0.15) is 0 Å². The number of fused-ring (bicyclic) bond motifs is 1. The summed E-state index contributed by atoms with van der Waals surface area (Å²) in [7, 11) is 1.62. The van der Waals surface area contributed by atoms with Crippen LogP contribution < -0.4 is 10.3 Å². The molecule has 0 unspecified atom stereocenters. The average Bonchev–Trinajstić information content (AvgIpc) is 3.07. The molecule has 2 aromatic heterocycles. The fourth-order valence-electron chi connectivity index (χ4n) is 2.68. The quantitative estimate of drug-likeness (QED) is 0.606. The molecule has 2 heterocycles. The number of rotatable bonds is 3. The number of nitrogens with one attached hydrogen (secondary N) is 1. The lowest BCUT2D eigenvalue weighted by molar-refractivity contribution is 0.415. The van der Waals surface area contributed by atoms with Gasteiger partial charge < -0.3 is 9.72 Å². The molecule has 0 spiro atoms. The van der Waals surface area contributed by atoms with Crippen LogP contribution in [0.4, 0.5) is 0 Å². The molecule has 2 aromatic carbocycles. The monoisotopic (exact) mass is 351 g/mol. The van der Waals surface area contributed by atoms with Gasteiger partial charge in [-0.15, -0.1) is 0 Å². The number of nitrogens with zero attached hydrogens (tertiary/aromatic N) is 2. The lowest BCUT2D eigenvalue weighted by Crippen LogP contribution is -2.10. The predicted octanol–water partition coefficient (Wildman–Crippen LogP) is 4.02. The SMILES string of the molecule is COc1ccc(-c2cc3c(=O)[nH]c(-c4ccc(Cl)cc4)cn3n2)cc1. The molecule has 0 atom stereocenters. The van der Waals surface area contributed by atoms with Crippen molar-refractivity contribution in [2.45, 2.75) is 0 Å². The lowest BCUT2D eigenvalue weighted by atomic mass is 10.1. The summed E-state index contributed by atoms with van der Waals surface area (Å²) in [5, 5.41) is 5.18. The molecule has 0 fully saturated rings. The van der Waals surface area contributed by atoms with Crippen molar-refractivity contribution in [3.63, 3.8) is 0 Å². The molecule has 1 N–H and O–H groups in total. The fourth-order valence-corrected chi connectivity index (χ4v) is 2.81. The van der Waals surface area contributed by atoms with Crippen LogP contribution in [0.25, 0.3) is 28.0 Å². The highest BCUT2D eigenvalue weighted by Crippen LogP contribution is 2.23. The number of aromatic nitrogens is 3. The number of H-pyrrole nitrogens is 1. The first kappa shape index (κ1) is 15.5. The van der Waals surface area contributed by atoms with Crippen LogP contribution >= 0.6 is 11.6 Å². The fraction of sp³-hybridized carbons (Fsp3) is 0.0526. The number of benzene rings is 2. The standard InChI is InChI=1S/C19H14ClN3O2/c1-25-15-8-4-12(5-9-15)16-10-18-19(24)21-17(11-23(18)22-16)13-2-6-14(20)7-3-13/h2-11H,1H3,(H,21,24). The van der Waals surface area contributed by atoms with Gasteiger partial charge in [-0.25, -0.2) is 4.52 Å². The van der Waals surface area contributed by atoms with E-state index in [2.05, 4.69) is 10.1 Å². The summed E-state index contributed by atoms with van der Waals surface area (Å²) < 4.78 is 6.77. The molecule has 6 heteroatoms. The third-order valence-corrected chi connectivity index (χ3v) is 4.26. The first-order valence-corrected chi connectivity index (χ1v) is 8.05. The maximum Gasteiger partial charge on any atom is 0.274 e. The highest BCUT2D eigenvalue weighted by atomic mass is 35.5. The zero-order chi connectivity index (χ0) is 17.4. The number of hydrogen-bond acceptors (Lipinski definition) is 3. The third kappa shape index (κ3) is 2.90. The molecule has 0 bridgehead atoms. The van der Waals surface area contributed by atoms with Crippen molar-refractivity contribution in [1.82, 2.24) is 14.6 Å². The van der Waals surface area contributed by atoms with Crippen LogP contribution in [0, 0.1) is 0 Å². The molecule has 0 amide bonds. The van der Waals surface area contributed by atoms with E-state index < -0.39 is 0 Å². The average molecular weight is 352 g/mol. The van der Waals surface area contributed by atoms with Crippen LogP contribution in [0.5, 0.6) is 5.75 Å². The second-order valence-electron chi connectivity index (χ2n) is 5.59. The maximum absolute atomic E-state index is 12.4. The first-order chi connectivity index (χ1) is 12.1. The molecule has 0 aliphatic rings. The van der Waals surface area contributed by atoms with Crippen molar-refractivity contribution in [1.29, 1.82) is 0 Å². The minimum Gasteiger partial charge on any atom is -0.497 e. The van der Waals surface area contributed by atoms with Gasteiger partial charge in [0.05, 0.1) is 24.7 Å². The summed E-state index contributed by atoms with van der Waals surface area (Å²) in [5.41, 5.74) is 3.48. The molecule has 0 aliphatic heterocycles. The Bertz CT molecular complexity index is 1100. The Labute approximate surface area is 148 Å². The summed E-state index contributed by atoms with van der Waals surface area (Å²) in [6, 6.07) is 16.6. The second kappa shape index (κ2) is 6.11. The smallest absolute Gasteiger partial charge is 0.274 e. The zero-order valence-electron chi connectivity index (χ0n) is 13.4. The minimum atomic E-state index is -0.195. The van der Waals surface area contributed by atoms with Gasteiger partial charge in [-0.2, -0.15) is 5.10 Å². The van der Waals surface area contributed by atoms with E-state index in [4.69, 9.17) is 16.3 Å². The van der Waals surface area contributed by atoms with Gasteiger partial charge in [0.2, 0.25) is 0 Å². The summed E-state index contributed by atoms with van der Waals surface area (Å²) in [5.74, 6) is 0.774. The molecular weight excluding hydrogens is 338 g/mol. The van der Waals surface area contributed by atoms with E-state index in [-0.39, 0.29) is 5.56 Å². The van der Waals surface area contributed by atoms with Gasteiger partial charge in [-0.1, -0.05) is 23.7 Å². The molecule has 0 saturated carbocycles. The Balaban J connectivity index is 1.81. The Morgan fingerprint density at radius 2 is 1.72 bits per heavy atom. The van der Waals surface area contributed by atoms with E-state index in [1.807, 2.05) is 36.4 Å². The third-order valence-electron chi connectivity index (χ3n) is 4.01. The highest BCUT2D eigenvalue weighted by Gasteiger charge is 2.10. The topological polar surface area (TPSA) is 59.4 Å². The molecule has 0 aliphatic carbocycles. The Kier molecular flexibility index (Phi) is 3.78. The van der Waals surface area contributed by atoms with Gasteiger partial charge in [0.1, 0.15) is 11.3 Å². The van der Waals surface area contributed by atoms with Gasteiger partial charge >= 0.3 is 0 Å². The number of aromatic amines is 1. The van der Waals surface area contributed by atoms with Crippen molar-refractivity contribution in [2.24, 2.45) is 0 Å². The van der Waals surface area contributed by atoms with E-state index in [0.717, 1.165) is 22.6 Å². The number of methoxy groups -OCH3 is 1. The van der Waals surface area contributed by atoms with Crippen LogP contribution in [-0.4, -0.2) is 21.7 Å². The number of hydrogen-bond donors (Lipinski definition) is 1. The van der Waals surface area contributed by atoms with E-state index in [0.29, 0.717) is 16.2 Å². The zero-order valence-corrected chi connectivity index (χ0v) is 14.1. The van der Waals surface area contributed by atoms with Crippen LogP contribution in [0.3, 0.4) is 0 Å². The molecule has 0 saturated heterocycles. The summed E-state index contributed by atoms with van der Waals surface area (Å²) in [6.45, 7) is 0. The van der Waals surface area contributed by atoms with E-state index in [1.54, 1.807) is 36.0 Å². The molecule has 4 aromatic rings. The molecule has 25 heavy (non-hydrogen) atoms. The normalized spacial score (nSPS) is 11.0. The lowest BCUT2D eigenvalue weighted by Gasteiger charge is -2.02. The molecule has 124 valence electrons. The minimum absolute atomic E-state index is 0.195. The van der Waals surface area contributed by atoms with Gasteiger partial charge in [0, 0.05) is 10.6 Å². The van der Waals surface area contributed by atoms with Crippen molar-refractivity contribution < 1.29 is 4.74 Å². The molecule has 4 rings (SSSR count). The second-order valence-corrected chi connectivity index (χ2v) is 6.03. The van der Waals surface area contributed by atoms with Crippen LogP contribution in [0.15, 0.2) is 65.6 Å². The first-order valence-electron chi connectivity index (χ1n) is 7.67. The summed E-state index contributed by atoms with van der Waals surface area (Å²) in [6.07, 6.45) is 1.80. The number of ether oxygens (including phenoxy) is 1. The van der Waals surface area contributed by atoms with Gasteiger partial charge in [-0.3, -0.25) is 4.79 Å². The van der Waals surface area contributed by atoms with E-state index >= 15 is 0 Å². The van der Waals surface area contributed by atoms with Crippen molar-refractivity contribution in [3.05, 3.63) is 76.2 Å². The van der Waals surface area contributed by atoms with Gasteiger partial charge in [0.25, 0.3) is 5.56 Å². The maximum atomic E-state index is 12.4. The molecule has 5 nitrogen and oxygen atoms in total. The molecule has 0 radical (unpaired) electrons. The van der Waals surface area contributed by atoms with Crippen LogP contribution in [-0.2, 0) is 0 Å². The molecular formula is C19H14ClN3O2. The predicted molar refractivity (Wildman–Crippen MR) is 98.2 cm³/mol.